The molecule has 0 saturated carbocycles. The number of hydrogen-bond donors (Lipinski definition) is 3. The zero-order valence-corrected chi connectivity index (χ0v) is 10.7. The van der Waals surface area contributed by atoms with Gasteiger partial charge >= 0.3 is 0 Å². The second-order valence-corrected chi connectivity index (χ2v) is 4.38. The minimum atomic E-state index is -0.398. The van der Waals surface area contributed by atoms with Gasteiger partial charge in [-0.15, -0.1) is 5.10 Å². The van der Waals surface area contributed by atoms with Crippen LogP contribution in [0.5, 0.6) is 5.75 Å². The van der Waals surface area contributed by atoms with Crippen molar-refractivity contribution in [2.24, 2.45) is 0 Å². The highest BCUT2D eigenvalue weighted by atomic mass is 16.3. The van der Waals surface area contributed by atoms with Gasteiger partial charge in [0.1, 0.15) is 11.6 Å². The summed E-state index contributed by atoms with van der Waals surface area (Å²) < 4.78 is 0. The van der Waals surface area contributed by atoms with Gasteiger partial charge in [0, 0.05) is 16.5 Å². The lowest BCUT2D eigenvalue weighted by Crippen LogP contribution is -2.14. The molecule has 0 unspecified atom stereocenters. The fraction of sp³-hybridized carbons (Fsp3) is 0.0714. The van der Waals surface area contributed by atoms with E-state index in [0.29, 0.717) is 16.9 Å². The van der Waals surface area contributed by atoms with E-state index in [4.69, 9.17) is 0 Å². The third-order valence-corrected chi connectivity index (χ3v) is 2.95. The summed E-state index contributed by atoms with van der Waals surface area (Å²) in [5, 5.41) is 20.4. The van der Waals surface area contributed by atoms with Crippen LogP contribution in [0.25, 0.3) is 10.8 Å². The topological polar surface area (TPSA) is 90.9 Å². The summed E-state index contributed by atoms with van der Waals surface area (Å²) in [6.07, 6.45) is 0. The summed E-state index contributed by atoms with van der Waals surface area (Å²) >= 11 is 0. The van der Waals surface area contributed by atoms with Gasteiger partial charge in [-0.3, -0.25) is 9.89 Å². The maximum Gasteiger partial charge on any atom is 0.295 e. The summed E-state index contributed by atoms with van der Waals surface area (Å²) in [4.78, 5) is 16.0. The van der Waals surface area contributed by atoms with Crippen molar-refractivity contribution in [3.8, 4) is 5.75 Å². The van der Waals surface area contributed by atoms with Crippen molar-refractivity contribution in [1.29, 1.82) is 0 Å². The van der Waals surface area contributed by atoms with Crippen LogP contribution in [0.4, 0.5) is 5.69 Å². The number of aromatic nitrogens is 3. The summed E-state index contributed by atoms with van der Waals surface area (Å²) in [5.41, 5.74) is 0.603. The number of aryl methyl sites for hydroxylation is 1. The average molecular weight is 268 g/mol. The zero-order chi connectivity index (χ0) is 14.1. The van der Waals surface area contributed by atoms with E-state index in [-0.39, 0.29) is 11.6 Å². The number of H-pyrrole nitrogens is 1. The molecule has 0 bridgehead atoms. The molecule has 1 amide bonds. The Balaban J connectivity index is 1.99. The Labute approximate surface area is 114 Å². The minimum Gasteiger partial charge on any atom is -0.507 e. The standard InChI is InChI=1S/C14H12N4O2/c1-8-15-13(18-17-8)14(20)16-11-6-2-5-10-9(11)4-3-7-12(10)19/h2-7,19H,1H3,(H,16,20)(H,15,17,18). The number of hydrogen-bond acceptors (Lipinski definition) is 4. The van der Waals surface area contributed by atoms with Crippen molar-refractivity contribution in [1.82, 2.24) is 15.2 Å². The quantitative estimate of drug-likeness (QED) is 0.664. The van der Waals surface area contributed by atoms with E-state index in [0.717, 1.165) is 5.39 Å². The molecule has 3 N–H and O–H groups in total. The van der Waals surface area contributed by atoms with Crippen molar-refractivity contribution in [3.63, 3.8) is 0 Å². The molecule has 1 heterocycles. The second kappa shape index (κ2) is 4.65. The summed E-state index contributed by atoms with van der Waals surface area (Å²) in [5.74, 6) is 0.433. The lowest BCUT2D eigenvalue weighted by molar-refractivity contribution is 0.101. The highest BCUT2D eigenvalue weighted by Gasteiger charge is 2.13. The molecule has 20 heavy (non-hydrogen) atoms. The van der Waals surface area contributed by atoms with Crippen molar-refractivity contribution >= 4 is 22.4 Å². The van der Waals surface area contributed by atoms with E-state index in [2.05, 4.69) is 20.5 Å². The normalized spacial score (nSPS) is 10.7. The number of rotatable bonds is 2. The van der Waals surface area contributed by atoms with Gasteiger partial charge in [-0.25, -0.2) is 4.98 Å². The molecule has 0 spiro atoms. The molecule has 0 aliphatic rings. The van der Waals surface area contributed by atoms with Crippen LogP contribution >= 0.6 is 0 Å². The van der Waals surface area contributed by atoms with Gasteiger partial charge in [0.15, 0.2) is 0 Å². The second-order valence-electron chi connectivity index (χ2n) is 4.38. The first-order valence-electron chi connectivity index (χ1n) is 6.06. The van der Waals surface area contributed by atoms with Gasteiger partial charge in [-0.1, -0.05) is 24.3 Å². The molecule has 6 heteroatoms. The number of fused-ring (bicyclic) bond motifs is 1. The van der Waals surface area contributed by atoms with Crippen molar-refractivity contribution < 1.29 is 9.90 Å². The monoisotopic (exact) mass is 268 g/mol. The molecule has 0 aliphatic carbocycles. The maximum atomic E-state index is 12.0. The molecular formula is C14H12N4O2. The van der Waals surface area contributed by atoms with Crippen LogP contribution in [0.15, 0.2) is 36.4 Å². The molecule has 6 nitrogen and oxygen atoms in total. The Morgan fingerprint density at radius 1 is 1.20 bits per heavy atom. The molecule has 0 aliphatic heterocycles. The minimum absolute atomic E-state index is 0.0830. The fourth-order valence-corrected chi connectivity index (χ4v) is 2.02. The highest BCUT2D eigenvalue weighted by molar-refractivity contribution is 6.08. The van der Waals surface area contributed by atoms with Gasteiger partial charge in [-0.05, 0) is 19.1 Å². The van der Waals surface area contributed by atoms with Crippen molar-refractivity contribution in [2.45, 2.75) is 6.92 Å². The lowest BCUT2D eigenvalue weighted by Gasteiger charge is -2.08. The number of carbonyl (C=O) groups is 1. The number of aromatic amines is 1. The lowest BCUT2D eigenvalue weighted by atomic mass is 10.1. The first-order chi connectivity index (χ1) is 9.65. The number of anilines is 1. The molecule has 3 aromatic rings. The van der Waals surface area contributed by atoms with Gasteiger partial charge in [0.25, 0.3) is 5.91 Å². The molecule has 3 rings (SSSR count). The number of benzene rings is 2. The van der Waals surface area contributed by atoms with Crippen molar-refractivity contribution in [3.05, 3.63) is 48.0 Å². The molecule has 0 fully saturated rings. The predicted molar refractivity (Wildman–Crippen MR) is 74.7 cm³/mol. The van der Waals surface area contributed by atoms with E-state index in [1.54, 1.807) is 37.3 Å². The van der Waals surface area contributed by atoms with Gasteiger partial charge in [0.2, 0.25) is 5.82 Å². The number of aromatic hydroxyl groups is 1. The molecule has 1 aromatic heterocycles. The van der Waals surface area contributed by atoms with E-state index in [1.165, 1.54) is 0 Å². The largest absolute Gasteiger partial charge is 0.507 e. The van der Waals surface area contributed by atoms with Gasteiger partial charge in [0.05, 0.1) is 0 Å². The third-order valence-electron chi connectivity index (χ3n) is 2.95. The van der Waals surface area contributed by atoms with E-state index >= 15 is 0 Å². The number of phenolic OH excluding ortho intramolecular Hbond substituents is 1. The third kappa shape index (κ3) is 2.07. The van der Waals surface area contributed by atoms with E-state index in [9.17, 15) is 9.90 Å². The van der Waals surface area contributed by atoms with Crippen LogP contribution in [0.3, 0.4) is 0 Å². The fourth-order valence-electron chi connectivity index (χ4n) is 2.02. The van der Waals surface area contributed by atoms with Gasteiger partial charge in [-0.2, -0.15) is 0 Å². The summed E-state index contributed by atoms with van der Waals surface area (Å²) in [6.45, 7) is 1.72. The maximum absolute atomic E-state index is 12.0. The van der Waals surface area contributed by atoms with E-state index in [1.807, 2.05) is 6.07 Å². The number of amides is 1. The van der Waals surface area contributed by atoms with Crippen LogP contribution in [0.2, 0.25) is 0 Å². The summed E-state index contributed by atoms with van der Waals surface area (Å²) in [6, 6.07) is 10.5. The zero-order valence-electron chi connectivity index (χ0n) is 10.7. The van der Waals surface area contributed by atoms with E-state index < -0.39 is 5.91 Å². The SMILES string of the molecule is Cc1nc(C(=O)Nc2cccc3c(O)cccc23)n[nH]1. The van der Waals surface area contributed by atoms with Crippen LogP contribution in [0.1, 0.15) is 16.4 Å². The molecular weight excluding hydrogens is 256 g/mol. The van der Waals surface area contributed by atoms with Crippen LogP contribution < -0.4 is 5.32 Å². The Bertz CT molecular complexity index is 795. The average Bonchev–Trinajstić information content (AvgIpc) is 2.87. The molecule has 2 aromatic carbocycles. The number of carbonyl (C=O) groups excluding carboxylic acids is 1. The first kappa shape index (κ1) is 12.2. The number of phenols is 1. The Kier molecular flexibility index (Phi) is 2.83. The Hall–Kier alpha value is -2.89. The summed E-state index contributed by atoms with van der Waals surface area (Å²) in [7, 11) is 0. The van der Waals surface area contributed by atoms with Crippen LogP contribution in [-0.2, 0) is 0 Å². The Morgan fingerprint density at radius 3 is 2.70 bits per heavy atom. The van der Waals surface area contributed by atoms with Crippen LogP contribution in [0, 0.1) is 6.92 Å². The number of nitrogens with zero attached hydrogens (tertiary/aromatic N) is 2. The number of nitrogens with one attached hydrogen (secondary N) is 2. The molecule has 0 atom stereocenters. The smallest absolute Gasteiger partial charge is 0.295 e. The Morgan fingerprint density at radius 2 is 1.95 bits per heavy atom. The van der Waals surface area contributed by atoms with Crippen molar-refractivity contribution in [2.75, 3.05) is 5.32 Å². The first-order valence-corrected chi connectivity index (χ1v) is 6.06. The van der Waals surface area contributed by atoms with Crippen LogP contribution in [-0.4, -0.2) is 26.2 Å². The highest BCUT2D eigenvalue weighted by Crippen LogP contribution is 2.29. The molecule has 0 saturated heterocycles. The molecule has 100 valence electrons. The van der Waals surface area contributed by atoms with Gasteiger partial charge < -0.3 is 10.4 Å². The molecule has 0 radical (unpaired) electrons. The predicted octanol–water partition coefficient (Wildman–Crippen LogP) is 2.22.